The molecule has 0 bridgehead atoms. The van der Waals surface area contributed by atoms with Gasteiger partial charge in [-0.2, -0.15) is 0 Å². The fourth-order valence-corrected chi connectivity index (χ4v) is 4.20. The predicted molar refractivity (Wildman–Crippen MR) is 95.8 cm³/mol. The molecule has 29 heavy (non-hydrogen) atoms. The van der Waals surface area contributed by atoms with E-state index in [1.165, 1.54) is 0 Å². The number of fused-ring (bicyclic) bond motifs is 1. The van der Waals surface area contributed by atoms with Crippen LogP contribution >= 0.6 is 11.8 Å². The maximum Gasteiger partial charge on any atom is 0.404 e. The number of thioether (sulfide) groups is 1. The van der Waals surface area contributed by atoms with Gasteiger partial charge in [-0.05, 0) is 12.8 Å². The van der Waals surface area contributed by atoms with E-state index in [9.17, 15) is 34.2 Å². The number of nitrogens with two attached hydrogens (primary N) is 2. The molecule has 0 aliphatic carbocycles. The summed E-state index contributed by atoms with van der Waals surface area (Å²) in [6.07, 6.45) is -1.17. The number of nitrogens with zero attached hydrogens (tertiary/aromatic N) is 1. The third-order valence-electron chi connectivity index (χ3n) is 4.29. The quantitative estimate of drug-likeness (QED) is 0.168. The van der Waals surface area contributed by atoms with Gasteiger partial charge in [0, 0.05) is 17.7 Å². The number of carboxylic acid groups (broad SMARTS) is 2. The van der Waals surface area contributed by atoms with Crippen molar-refractivity contribution in [2.75, 3.05) is 12.4 Å². The van der Waals surface area contributed by atoms with Crippen LogP contribution in [0, 0.1) is 0 Å². The van der Waals surface area contributed by atoms with E-state index in [-0.39, 0.29) is 30.6 Å². The molecule has 1 fully saturated rings. The topological polar surface area (TPSA) is 223 Å². The molecule has 2 aliphatic heterocycles. The summed E-state index contributed by atoms with van der Waals surface area (Å²) >= 11 is 0.969. The van der Waals surface area contributed by atoms with Gasteiger partial charge in [0.05, 0.1) is 0 Å². The van der Waals surface area contributed by atoms with E-state index in [0.717, 1.165) is 16.7 Å². The first-order chi connectivity index (χ1) is 13.5. The zero-order valence-corrected chi connectivity index (χ0v) is 15.8. The number of ether oxygens (including phenoxy) is 1. The smallest absolute Gasteiger partial charge is 0.404 e. The van der Waals surface area contributed by atoms with Crippen molar-refractivity contribution in [3.63, 3.8) is 0 Å². The minimum atomic E-state index is -2.31. The van der Waals surface area contributed by atoms with Crippen LogP contribution in [0.2, 0.25) is 0 Å². The average molecular weight is 432 g/mol. The predicted octanol–water partition coefficient (Wildman–Crippen LogP) is -2.28. The SMILES string of the molecule is NC(=O)OCC1=C(C(=O)O)N2C(=O)[C@@](O)(NC(=O)CCC[C@@H](N)C(=O)O)[C@H]2SC1. The fourth-order valence-electron chi connectivity index (χ4n) is 2.87. The molecule has 8 N–H and O–H groups in total. The Bertz CT molecular complexity index is 786. The lowest BCUT2D eigenvalue weighted by molar-refractivity contribution is -0.186. The first-order valence-corrected chi connectivity index (χ1v) is 9.38. The maximum atomic E-state index is 12.4. The first-order valence-electron chi connectivity index (χ1n) is 8.33. The van der Waals surface area contributed by atoms with Gasteiger partial charge in [-0.25, -0.2) is 9.59 Å². The lowest BCUT2D eigenvalue weighted by atomic mass is 9.98. The van der Waals surface area contributed by atoms with E-state index in [1.54, 1.807) is 0 Å². The van der Waals surface area contributed by atoms with E-state index >= 15 is 0 Å². The monoisotopic (exact) mass is 432 g/mol. The van der Waals surface area contributed by atoms with E-state index < -0.39 is 59.3 Å². The van der Waals surface area contributed by atoms with Crippen molar-refractivity contribution in [3.05, 3.63) is 11.3 Å². The van der Waals surface area contributed by atoms with Crippen LogP contribution in [0.4, 0.5) is 4.79 Å². The fraction of sp³-hybridized carbons (Fsp3) is 0.533. The third-order valence-corrected chi connectivity index (χ3v) is 5.67. The number of aliphatic carboxylic acids is 2. The number of carboxylic acids is 2. The summed E-state index contributed by atoms with van der Waals surface area (Å²) in [6.45, 7) is -0.435. The number of nitrogens with one attached hydrogen (secondary N) is 1. The van der Waals surface area contributed by atoms with Crippen LogP contribution < -0.4 is 16.8 Å². The largest absolute Gasteiger partial charge is 0.480 e. The molecule has 0 radical (unpaired) electrons. The summed E-state index contributed by atoms with van der Waals surface area (Å²) in [7, 11) is 0. The summed E-state index contributed by atoms with van der Waals surface area (Å²) in [5, 5.41) is 29.7. The second kappa shape index (κ2) is 8.67. The molecule has 13 nitrogen and oxygen atoms in total. The number of carbonyl (C=O) groups excluding carboxylic acids is 3. The van der Waals surface area contributed by atoms with Crippen LogP contribution in [0.1, 0.15) is 19.3 Å². The minimum absolute atomic E-state index is 0.00893. The Hall–Kier alpha value is -2.84. The van der Waals surface area contributed by atoms with Crippen molar-refractivity contribution in [1.29, 1.82) is 0 Å². The van der Waals surface area contributed by atoms with Crippen LogP contribution in [0.25, 0.3) is 0 Å². The lowest BCUT2D eigenvalue weighted by Gasteiger charge is -2.54. The normalized spacial score (nSPS) is 24.3. The molecule has 0 saturated carbocycles. The average Bonchev–Trinajstić information content (AvgIpc) is 2.64. The van der Waals surface area contributed by atoms with Crippen molar-refractivity contribution >= 4 is 41.6 Å². The summed E-state index contributed by atoms with van der Waals surface area (Å²) in [5.74, 6) is -4.45. The number of hydrogen-bond donors (Lipinski definition) is 6. The highest BCUT2D eigenvalue weighted by Crippen LogP contribution is 2.45. The molecule has 2 heterocycles. The van der Waals surface area contributed by atoms with Crippen molar-refractivity contribution in [3.8, 4) is 0 Å². The molecule has 0 spiro atoms. The van der Waals surface area contributed by atoms with Crippen molar-refractivity contribution in [2.45, 2.75) is 36.4 Å². The highest BCUT2D eigenvalue weighted by atomic mass is 32.2. The van der Waals surface area contributed by atoms with Gasteiger partial charge < -0.3 is 36.8 Å². The molecule has 3 atom stereocenters. The standard InChI is InChI=1S/C15H20N4O9S/c16-7(10(21)22)2-1-3-8(20)18-15(27)12(25)19-9(11(23)24)6(4-28-14(17)26)5-29-13(15)19/h7,13,27H,1-5,16H2,(H2,17,26)(H,18,20)(H,21,22)(H,23,24)/t7-,13-,15+/m1/s1. The number of β-lactam (4-membered cyclic amide) rings is 1. The molecule has 2 rings (SSSR count). The Balaban J connectivity index is 2.05. The molecule has 1 saturated heterocycles. The van der Waals surface area contributed by atoms with Gasteiger partial charge in [0.2, 0.25) is 5.91 Å². The molecule has 160 valence electrons. The van der Waals surface area contributed by atoms with E-state index in [4.69, 9.17) is 16.6 Å². The van der Waals surface area contributed by atoms with Gasteiger partial charge >= 0.3 is 18.0 Å². The molecular weight excluding hydrogens is 412 g/mol. The molecule has 14 heteroatoms. The molecule has 0 unspecified atom stereocenters. The van der Waals surface area contributed by atoms with Gasteiger partial charge in [0.1, 0.15) is 23.7 Å². The summed E-state index contributed by atoms with van der Waals surface area (Å²) in [5.41, 5.74) is 7.54. The Labute approximate surface area is 168 Å². The Morgan fingerprint density at radius 3 is 2.55 bits per heavy atom. The molecule has 2 aliphatic rings. The second-order valence-electron chi connectivity index (χ2n) is 6.36. The number of hydrogen-bond acceptors (Lipinski definition) is 9. The number of rotatable bonds is 9. The molecular formula is C15H20N4O9S. The summed E-state index contributed by atoms with van der Waals surface area (Å²) < 4.78 is 4.58. The molecule has 0 aromatic heterocycles. The maximum absolute atomic E-state index is 12.4. The molecule has 0 aromatic carbocycles. The van der Waals surface area contributed by atoms with Crippen molar-refractivity contribution in [1.82, 2.24) is 10.2 Å². The lowest BCUT2D eigenvalue weighted by Crippen LogP contribution is -2.80. The highest BCUT2D eigenvalue weighted by Gasteiger charge is 2.65. The van der Waals surface area contributed by atoms with Gasteiger partial charge in [0.15, 0.2) is 0 Å². The minimum Gasteiger partial charge on any atom is -0.480 e. The van der Waals surface area contributed by atoms with Gasteiger partial charge in [-0.3, -0.25) is 19.3 Å². The number of carbonyl (C=O) groups is 5. The van der Waals surface area contributed by atoms with Crippen molar-refractivity contribution in [2.24, 2.45) is 11.5 Å². The zero-order valence-electron chi connectivity index (χ0n) is 15.0. The van der Waals surface area contributed by atoms with E-state index in [1.807, 2.05) is 0 Å². The second-order valence-corrected chi connectivity index (χ2v) is 7.42. The van der Waals surface area contributed by atoms with Crippen LogP contribution in [0.15, 0.2) is 11.3 Å². The Morgan fingerprint density at radius 2 is 2.00 bits per heavy atom. The van der Waals surface area contributed by atoms with Crippen LogP contribution in [0.3, 0.4) is 0 Å². The molecule has 0 aromatic rings. The Morgan fingerprint density at radius 1 is 1.34 bits per heavy atom. The summed E-state index contributed by atoms with van der Waals surface area (Å²) in [4.78, 5) is 58.3. The van der Waals surface area contributed by atoms with Crippen molar-refractivity contribution < 1.29 is 44.0 Å². The number of aliphatic hydroxyl groups is 1. The first kappa shape index (κ1) is 22.4. The van der Waals surface area contributed by atoms with Crippen LogP contribution in [-0.4, -0.2) is 79.6 Å². The third kappa shape index (κ3) is 4.60. The summed E-state index contributed by atoms with van der Waals surface area (Å²) in [6, 6.07) is -1.13. The number of amides is 3. The number of primary amides is 1. The van der Waals surface area contributed by atoms with E-state index in [0.29, 0.717) is 0 Å². The molecule has 3 amide bonds. The van der Waals surface area contributed by atoms with E-state index in [2.05, 4.69) is 10.1 Å². The highest BCUT2D eigenvalue weighted by molar-refractivity contribution is 8.00. The van der Waals surface area contributed by atoms with Crippen LogP contribution in [0.5, 0.6) is 0 Å². The van der Waals surface area contributed by atoms with Gasteiger partial charge in [0.25, 0.3) is 11.6 Å². The Kier molecular flexibility index (Phi) is 6.71. The van der Waals surface area contributed by atoms with Gasteiger partial charge in [-0.1, -0.05) is 0 Å². The van der Waals surface area contributed by atoms with Gasteiger partial charge in [-0.15, -0.1) is 11.8 Å². The zero-order chi connectivity index (χ0) is 21.9. The van der Waals surface area contributed by atoms with Crippen LogP contribution in [-0.2, 0) is 23.9 Å².